The van der Waals surface area contributed by atoms with E-state index in [1.54, 1.807) is 48.5 Å². The summed E-state index contributed by atoms with van der Waals surface area (Å²) in [4.78, 5) is 24.7. The van der Waals surface area contributed by atoms with Gasteiger partial charge in [0, 0.05) is 6.61 Å². The quantitative estimate of drug-likeness (QED) is 0.101. The van der Waals surface area contributed by atoms with Crippen LogP contribution in [0.15, 0.2) is 48.5 Å². The Hall–Kier alpha value is -2.86. The summed E-state index contributed by atoms with van der Waals surface area (Å²) in [6.07, 6.45) is 15.9. The second kappa shape index (κ2) is 20.1. The molecular weight excluding hydrogens is 480 g/mol. The van der Waals surface area contributed by atoms with Crippen LogP contribution in [0.4, 0.5) is 0 Å². The minimum Gasteiger partial charge on any atom is -0.494 e. The van der Waals surface area contributed by atoms with Gasteiger partial charge in [0.05, 0.1) is 24.3 Å². The number of carbonyl (C=O) groups is 2. The van der Waals surface area contributed by atoms with Crippen LogP contribution < -0.4 is 9.47 Å². The van der Waals surface area contributed by atoms with Gasteiger partial charge in [-0.1, -0.05) is 77.6 Å². The lowest BCUT2D eigenvalue weighted by atomic mass is 10.1. The molecule has 0 radical (unpaired) electrons. The van der Waals surface area contributed by atoms with Crippen LogP contribution in [0.3, 0.4) is 0 Å². The Morgan fingerprint density at radius 3 is 1.63 bits per heavy atom. The van der Waals surface area contributed by atoms with Crippen molar-refractivity contribution >= 4 is 11.9 Å². The van der Waals surface area contributed by atoms with Gasteiger partial charge in [0.25, 0.3) is 0 Å². The van der Waals surface area contributed by atoms with E-state index in [0.717, 1.165) is 50.7 Å². The average Bonchev–Trinajstić information content (AvgIpc) is 2.94. The fourth-order valence-corrected chi connectivity index (χ4v) is 4.11. The maximum Gasteiger partial charge on any atom is 0.343 e. The zero-order chi connectivity index (χ0) is 27.3. The standard InChI is InChI=1S/C32H46O6/c1-2-3-4-5-6-8-11-14-25-36-29-20-16-28(17-21-29)32(35)38-30-22-18-27(19-23-30)31(34)37-26-15-12-9-7-10-13-24-33/h16-23,33H,2-15,24-26H2,1H3. The summed E-state index contributed by atoms with van der Waals surface area (Å²) in [6, 6.07) is 13.4. The summed E-state index contributed by atoms with van der Waals surface area (Å²) in [6.45, 7) is 3.55. The van der Waals surface area contributed by atoms with E-state index in [4.69, 9.17) is 19.3 Å². The highest BCUT2D eigenvalue weighted by Gasteiger charge is 2.11. The molecule has 0 aliphatic heterocycles. The Labute approximate surface area is 228 Å². The first-order valence-electron chi connectivity index (χ1n) is 14.5. The average molecular weight is 527 g/mol. The number of rotatable bonds is 21. The van der Waals surface area contributed by atoms with Gasteiger partial charge in [0.2, 0.25) is 0 Å². The number of esters is 2. The molecule has 0 bridgehead atoms. The van der Waals surface area contributed by atoms with Gasteiger partial charge in [0.15, 0.2) is 0 Å². The molecule has 6 nitrogen and oxygen atoms in total. The molecule has 2 aromatic carbocycles. The first kappa shape index (κ1) is 31.4. The van der Waals surface area contributed by atoms with E-state index in [9.17, 15) is 9.59 Å². The lowest BCUT2D eigenvalue weighted by Crippen LogP contribution is -2.09. The van der Waals surface area contributed by atoms with Crippen LogP contribution in [0, 0.1) is 0 Å². The summed E-state index contributed by atoms with van der Waals surface area (Å²) < 4.78 is 16.6. The molecule has 0 aliphatic carbocycles. The number of hydrogen-bond donors (Lipinski definition) is 1. The molecule has 0 aromatic heterocycles. The normalized spacial score (nSPS) is 10.8. The molecule has 0 saturated carbocycles. The van der Waals surface area contributed by atoms with E-state index in [2.05, 4.69) is 6.92 Å². The zero-order valence-electron chi connectivity index (χ0n) is 23.1. The highest BCUT2D eigenvalue weighted by Crippen LogP contribution is 2.18. The van der Waals surface area contributed by atoms with Crippen LogP contribution in [0.1, 0.15) is 118 Å². The van der Waals surface area contributed by atoms with Gasteiger partial charge < -0.3 is 19.3 Å². The summed E-state index contributed by atoms with van der Waals surface area (Å²) in [5.41, 5.74) is 0.856. The zero-order valence-corrected chi connectivity index (χ0v) is 23.1. The molecule has 0 spiro atoms. The molecule has 0 unspecified atom stereocenters. The van der Waals surface area contributed by atoms with Crippen molar-refractivity contribution in [3.8, 4) is 11.5 Å². The van der Waals surface area contributed by atoms with E-state index < -0.39 is 5.97 Å². The van der Waals surface area contributed by atoms with Crippen LogP contribution >= 0.6 is 0 Å². The third kappa shape index (κ3) is 13.6. The van der Waals surface area contributed by atoms with Gasteiger partial charge in [-0.15, -0.1) is 0 Å². The molecule has 2 rings (SSSR count). The fourth-order valence-electron chi connectivity index (χ4n) is 4.11. The third-order valence-electron chi connectivity index (χ3n) is 6.44. The van der Waals surface area contributed by atoms with Crippen molar-refractivity contribution in [2.24, 2.45) is 0 Å². The van der Waals surface area contributed by atoms with Gasteiger partial charge >= 0.3 is 11.9 Å². The van der Waals surface area contributed by atoms with Crippen LogP contribution in [0.5, 0.6) is 11.5 Å². The molecule has 0 aliphatic rings. The second-order valence-corrected chi connectivity index (χ2v) is 9.74. The van der Waals surface area contributed by atoms with Crippen LogP contribution in [0.25, 0.3) is 0 Å². The monoisotopic (exact) mass is 526 g/mol. The molecule has 0 amide bonds. The van der Waals surface area contributed by atoms with E-state index in [-0.39, 0.29) is 12.6 Å². The maximum absolute atomic E-state index is 12.5. The second-order valence-electron chi connectivity index (χ2n) is 9.74. The first-order valence-corrected chi connectivity index (χ1v) is 14.5. The molecule has 210 valence electrons. The van der Waals surface area contributed by atoms with E-state index in [0.29, 0.717) is 30.1 Å². The third-order valence-corrected chi connectivity index (χ3v) is 6.44. The van der Waals surface area contributed by atoms with Gasteiger partial charge in [-0.3, -0.25) is 0 Å². The van der Waals surface area contributed by atoms with Crippen molar-refractivity contribution in [2.45, 2.75) is 96.8 Å². The molecule has 6 heteroatoms. The van der Waals surface area contributed by atoms with Crippen molar-refractivity contribution in [2.75, 3.05) is 19.8 Å². The van der Waals surface area contributed by atoms with Crippen molar-refractivity contribution in [3.05, 3.63) is 59.7 Å². The summed E-state index contributed by atoms with van der Waals surface area (Å²) in [7, 11) is 0. The predicted molar refractivity (Wildman–Crippen MR) is 151 cm³/mol. The Kier molecular flexibility index (Phi) is 16.6. The Balaban J connectivity index is 1.63. The number of benzene rings is 2. The number of aliphatic hydroxyl groups excluding tert-OH is 1. The maximum atomic E-state index is 12.5. The molecule has 0 fully saturated rings. The first-order chi connectivity index (χ1) is 18.6. The Bertz CT molecular complexity index is 891. The molecule has 1 N–H and O–H groups in total. The minimum atomic E-state index is -0.464. The van der Waals surface area contributed by atoms with E-state index in [1.807, 2.05) is 0 Å². The fraction of sp³-hybridized carbons (Fsp3) is 0.562. The summed E-state index contributed by atoms with van der Waals surface area (Å²) in [5, 5.41) is 8.77. The number of unbranched alkanes of at least 4 members (excludes halogenated alkanes) is 12. The molecule has 38 heavy (non-hydrogen) atoms. The summed E-state index contributed by atoms with van der Waals surface area (Å²) in [5.74, 6) is 0.262. The van der Waals surface area contributed by atoms with Gasteiger partial charge in [-0.25, -0.2) is 9.59 Å². The molecule has 0 atom stereocenters. The Morgan fingerprint density at radius 2 is 1.05 bits per heavy atom. The molecular formula is C32H46O6. The van der Waals surface area contributed by atoms with Crippen molar-refractivity contribution in [1.82, 2.24) is 0 Å². The highest BCUT2D eigenvalue weighted by molar-refractivity contribution is 5.92. The van der Waals surface area contributed by atoms with E-state index >= 15 is 0 Å². The highest BCUT2D eigenvalue weighted by atomic mass is 16.5. The SMILES string of the molecule is CCCCCCCCCCOc1ccc(C(=O)Oc2ccc(C(=O)OCCCCCCCCO)cc2)cc1. The predicted octanol–water partition coefficient (Wildman–Crippen LogP) is 7.92. The van der Waals surface area contributed by atoms with Crippen molar-refractivity contribution < 1.29 is 28.9 Å². The lowest BCUT2D eigenvalue weighted by Gasteiger charge is -2.08. The number of aliphatic hydroxyl groups is 1. The van der Waals surface area contributed by atoms with E-state index in [1.165, 1.54) is 44.9 Å². The van der Waals surface area contributed by atoms with Gasteiger partial charge in [-0.2, -0.15) is 0 Å². The van der Waals surface area contributed by atoms with Crippen LogP contribution in [0.2, 0.25) is 0 Å². The minimum absolute atomic E-state index is 0.248. The van der Waals surface area contributed by atoms with Crippen molar-refractivity contribution in [1.29, 1.82) is 0 Å². The van der Waals surface area contributed by atoms with Crippen molar-refractivity contribution in [3.63, 3.8) is 0 Å². The van der Waals surface area contributed by atoms with Crippen LogP contribution in [-0.4, -0.2) is 36.9 Å². The molecule has 0 saturated heterocycles. The molecule has 0 heterocycles. The van der Waals surface area contributed by atoms with Gasteiger partial charge in [0.1, 0.15) is 11.5 Å². The summed E-state index contributed by atoms with van der Waals surface area (Å²) >= 11 is 0. The lowest BCUT2D eigenvalue weighted by molar-refractivity contribution is 0.0497. The number of hydrogen-bond acceptors (Lipinski definition) is 6. The number of ether oxygens (including phenoxy) is 3. The van der Waals surface area contributed by atoms with Crippen LogP contribution in [-0.2, 0) is 4.74 Å². The largest absolute Gasteiger partial charge is 0.494 e. The molecule has 2 aromatic rings. The number of carbonyl (C=O) groups excluding carboxylic acids is 2. The smallest absolute Gasteiger partial charge is 0.343 e. The van der Waals surface area contributed by atoms with Gasteiger partial charge in [-0.05, 0) is 67.8 Å². The topological polar surface area (TPSA) is 82.1 Å². The Morgan fingerprint density at radius 1 is 0.579 bits per heavy atom.